The van der Waals surface area contributed by atoms with Crippen LogP contribution in [0.25, 0.3) is 22.6 Å². The molecule has 1 atom stereocenters. The molecule has 0 amide bonds. The summed E-state index contributed by atoms with van der Waals surface area (Å²) in [5.74, 6) is 6.03. The Bertz CT molecular complexity index is 1290. The van der Waals surface area contributed by atoms with Gasteiger partial charge in [0.2, 0.25) is 5.82 Å². The number of nitrogens with zero attached hydrogens (tertiary/aromatic N) is 4. The monoisotopic (exact) mass is 387 g/mol. The van der Waals surface area contributed by atoms with Crippen LogP contribution >= 0.6 is 0 Å². The van der Waals surface area contributed by atoms with Crippen molar-refractivity contribution in [1.29, 1.82) is 0 Å². The van der Waals surface area contributed by atoms with Crippen molar-refractivity contribution in [2.24, 2.45) is 7.05 Å². The number of aromatic nitrogens is 4. The zero-order valence-electron chi connectivity index (χ0n) is 15.9. The van der Waals surface area contributed by atoms with E-state index in [9.17, 15) is 9.50 Å². The Morgan fingerprint density at radius 3 is 2.66 bits per heavy atom. The molecule has 0 aliphatic heterocycles. The Labute approximate surface area is 166 Å². The van der Waals surface area contributed by atoms with E-state index >= 15 is 0 Å². The lowest BCUT2D eigenvalue weighted by Gasteiger charge is -2.04. The molecule has 0 radical (unpaired) electrons. The van der Waals surface area contributed by atoms with Crippen molar-refractivity contribution in [3.63, 3.8) is 0 Å². The van der Waals surface area contributed by atoms with Gasteiger partial charge in [0.05, 0.1) is 0 Å². The van der Waals surface area contributed by atoms with E-state index in [0.29, 0.717) is 28.1 Å². The van der Waals surface area contributed by atoms with Gasteiger partial charge in [-0.05, 0) is 30.5 Å². The summed E-state index contributed by atoms with van der Waals surface area (Å²) in [5, 5.41) is 10.3. The third-order valence-corrected chi connectivity index (χ3v) is 4.51. The average Bonchev–Trinajstić information content (AvgIpc) is 3.03. The summed E-state index contributed by atoms with van der Waals surface area (Å²) in [6.07, 6.45) is -0.968. The first-order valence-electron chi connectivity index (χ1n) is 8.94. The molecule has 29 heavy (non-hydrogen) atoms. The number of hydrogen-bond donors (Lipinski definition) is 2. The highest BCUT2D eigenvalue weighted by Gasteiger charge is 2.15. The van der Waals surface area contributed by atoms with Crippen LogP contribution in [0.1, 0.15) is 23.1 Å². The van der Waals surface area contributed by atoms with Gasteiger partial charge in [-0.2, -0.15) is 0 Å². The number of aliphatic hydroxyl groups is 1. The molecule has 1 unspecified atom stereocenters. The van der Waals surface area contributed by atoms with E-state index in [1.54, 1.807) is 29.8 Å². The van der Waals surface area contributed by atoms with Crippen LogP contribution in [0.4, 0.5) is 10.2 Å². The van der Waals surface area contributed by atoms with Gasteiger partial charge in [-0.15, -0.1) is 0 Å². The zero-order chi connectivity index (χ0) is 20.5. The molecule has 2 aromatic carbocycles. The van der Waals surface area contributed by atoms with Gasteiger partial charge in [0.15, 0.2) is 17.0 Å². The maximum absolute atomic E-state index is 13.6. The first-order valence-corrected chi connectivity index (χ1v) is 8.94. The summed E-state index contributed by atoms with van der Waals surface area (Å²) >= 11 is 0. The van der Waals surface area contributed by atoms with Crippen molar-refractivity contribution in [3.8, 4) is 23.2 Å². The highest BCUT2D eigenvalue weighted by Crippen LogP contribution is 2.25. The maximum Gasteiger partial charge on any atom is 0.209 e. The normalized spacial score (nSPS) is 11.9. The van der Waals surface area contributed by atoms with Crippen LogP contribution in [-0.2, 0) is 7.05 Å². The van der Waals surface area contributed by atoms with Gasteiger partial charge in [-0.3, -0.25) is 0 Å². The summed E-state index contributed by atoms with van der Waals surface area (Å²) in [7, 11) is 1.76. The lowest BCUT2D eigenvalue weighted by molar-refractivity contribution is 0.238. The SMILES string of the molecule is Cc1cccc(C(O)C#Cc2nc(N)c3nc(-c4cccc(F)c4)n(C)c3n2)c1. The molecule has 4 rings (SSSR count). The second-order valence-electron chi connectivity index (χ2n) is 6.70. The fourth-order valence-corrected chi connectivity index (χ4v) is 3.08. The van der Waals surface area contributed by atoms with E-state index in [1.807, 2.05) is 25.1 Å². The zero-order valence-corrected chi connectivity index (χ0v) is 15.9. The van der Waals surface area contributed by atoms with Crippen LogP contribution in [0, 0.1) is 24.6 Å². The molecular weight excluding hydrogens is 369 g/mol. The van der Waals surface area contributed by atoms with Gasteiger partial charge in [-0.1, -0.05) is 47.9 Å². The molecule has 0 spiro atoms. The minimum Gasteiger partial charge on any atom is -0.382 e. The van der Waals surface area contributed by atoms with Crippen LogP contribution in [0.3, 0.4) is 0 Å². The highest BCUT2D eigenvalue weighted by atomic mass is 19.1. The van der Waals surface area contributed by atoms with Crippen LogP contribution in [0.5, 0.6) is 0 Å². The van der Waals surface area contributed by atoms with Crippen LogP contribution in [0.2, 0.25) is 0 Å². The molecule has 3 N–H and O–H groups in total. The number of halogens is 1. The van der Waals surface area contributed by atoms with E-state index in [0.717, 1.165) is 5.56 Å². The van der Waals surface area contributed by atoms with Gasteiger partial charge in [0, 0.05) is 12.6 Å². The molecule has 2 aromatic heterocycles. The lowest BCUT2D eigenvalue weighted by atomic mass is 10.1. The first kappa shape index (κ1) is 18.6. The second-order valence-corrected chi connectivity index (χ2v) is 6.70. The predicted molar refractivity (Wildman–Crippen MR) is 109 cm³/mol. The summed E-state index contributed by atoms with van der Waals surface area (Å²) in [6, 6.07) is 13.6. The largest absolute Gasteiger partial charge is 0.382 e. The Balaban J connectivity index is 1.74. The van der Waals surface area contributed by atoms with Gasteiger partial charge in [0.1, 0.15) is 17.7 Å². The molecule has 7 heteroatoms. The number of aliphatic hydroxyl groups excluding tert-OH is 1. The third-order valence-electron chi connectivity index (χ3n) is 4.51. The molecule has 0 aliphatic rings. The molecule has 0 bridgehead atoms. The van der Waals surface area contributed by atoms with Crippen molar-refractivity contribution < 1.29 is 9.50 Å². The first-order chi connectivity index (χ1) is 13.9. The average molecular weight is 387 g/mol. The van der Waals surface area contributed by atoms with Gasteiger partial charge >= 0.3 is 0 Å². The number of aryl methyl sites for hydroxylation is 2. The fraction of sp³-hybridized carbons (Fsp3) is 0.136. The maximum atomic E-state index is 13.6. The molecule has 0 fully saturated rings. The summed E-state index contributed by atoms with van der Waals surface area (Å²) in [4.78, 5) is 13.1. The quantitative estimate of drug-likeness (QED) is 0.516. The van der Waals surface area contributed by atoms with Crippen molar-refractivity contribution in [1.82, 2.24) is 19.5 Å². The standard InChI is InChI=1S/C22H18FN5O/c1-13-5-3-6-14(11-13)17(29)9-10-18-25-20(24)19-22(26-18)28(2)21(27-19)15-7-4-8-16(23)12-15/h3-8,11-12,17,29H,1-2H3,(H2,24,25,26). The van der Waals surface area contributed by atoms with Gasteiger partial charge < -0.3 is 15.4 Å². The molecule has 4 aromatic rings. The van der Waals surface area contributed by atoms with Gasteiger partial charge in [-0.25, -0.2) is 19.3 Å². The van der Waals surface area contributed by atoms with Gasteiger partial charge in [0.25, 0.3) is 0 Å². The minimum atomic E-state index is -0.968. The Morgan fingerprint density at radius 1 is 1.10 bits per heavy atom. The predicted octanol–water partition coefficient (Wildman–Crippen LogP) is 3.15. The van der Waals surface area contributed by atoms with E-state index in [-0.39, 0.29) is 17.5 Å². The smallest absolute Gasteiger partial charge is 0.209 e. The molecule has 0 saturated carbocycles. The number of nitrogens with two attached hydrogens (primary N) is 1. The molecular formula is C22H18FN5O. The molecule has 2 heterocycles. The van der Waals surface area contributed by atoms with E-state index in [1.165, 1.54) is 12.1 Å². The summed E-state index contributed by atoms with van der Waals surface area (Å²) in [6.45, 7) is 1.94. The highest BCUT2D eigenvalue weighted by molar-refractivity contribution is 5.85. The number of benzene rings is 2. The third kappa shape index (κ3) is 3.66. The number of fused-ring (bicyclic) bond motifs is 1. The topological polar surface area (TPSA) is 89.9 Å². The van der Waals surface area contributed by atoms with Crippen LogP contribution in [0.15, 0.2) is 48.5 Å². The number of imidazole rings is 1. The molecule has 144 valence electrons. The molecule has 0 saturated heterocycles. The Kier molecular flexibility index (Phi) is 4.71. The van der Waals surface area contributed by atoms with E-state index < -0.39 is 6.10 Å². The number of hydrogen-bond acceptors (Lipinski definition) is 5. The van der Waals surface area contributed by atoms with Crippen molar-refractivity contribution in [2.75, 3.05) is 5.73 Å². The fourth-order valence-electron chi connectivity index (χ4n) is 3.08. The number of rotatable bonds is 2. The number of anilines is 1. The van der Waals surface area contributed by atoms with Crippen molar-refractivity contribution in [2.45, 2.75) is 13.0 Å². The van der Waals surface area contributed by atoms with E-state index in [2.05, 4.69) is 26.8 Å². The second kappa shape index (κ2) is 7.34. The summed E-state index contributed by atoms with van der Waals surface area (Å²) < 4.78 is 15.3. The molecule has 0 aliphatic carbocycles. The van der Waals surface area contributed by atoms with Crippen molar-refractivity contribution in [3.05, 3.63) is 71.3 Å². The minimum absolute atomic E-state index is 0.169. The van der Waals surface area contributed by atoms with Crippen LogP contribution in [-0.4, -0.2) is 24.6 Å². The Morgan fingerprint density at radius 2 is 1.90 bits per heavy atom. The van der Waals surface area contributed by atoms with Crippen LogP contribution < -0.4 is 5.73 Å². The van der Waals surface area contributed by atoms with Crippen molar-refractivity contribution >= 4 is 17.0 Å². The van der Waals surface area contributed by atoms with E-state index in [4.69, 9.17) is 5.73 Å². The summed E-state index contributed by atoms with van der Waals surface area (Å²) in [5.41, 5.74) is 9.28. The number of nitrogen functional groups attached to an aromatic ring is 1. The lowest BCUT2D eigenvalue weighted by Crippen LogP contribution is -2.01. The Hall–Kier alpha value is -3.76. The molecule has 6 nitrogen and oxygen atoms in total.